The summed E-state index contributed by atoms with van der Waals surface area (Å²) in [5, 5.41) is 8.20. The van der Waals surface area contributed by atoms with Crippen molar-refractivity contribution < 1.29 is 17.6 Å². The fourth-order valence-electron chi connectivity index (χ4n) is 5.02. The van der Waals surface area contributed by atoms with Crippen molar-refractivity contribution in [1.82, 2.24) is 29.6 Å². The van der Waals surface area contributed by atoms with Crippen molar-refractivity contribution in [2.24, 2.45) is 0 Å². The van der Waals surface area contributed by atoms with Crippen molar-refractivity contribution in [2.45, 2.75) is 56.8 Å². The van der Waals surface area contributed by atoms with Crippen LogP contribution in [0.2, 0.25) is 0 Å². The summed E-state index contributed by atoms with van der Waals surface area (Å²) in [6.45, 7) is 3.78. The highest BCUT2D eigenvalue weighted by molar-refractivity contribution is 7.12. The molecule has 0 atom stereocenters. The number of rotatable bonds is 6. The van der Waals surface area contributed by atoms with E-state index < -0.39 is 30.4 Å². The van der Waals surface area contributed by atoms with Gasteiger partial charge in [0.15, 0.2) is 5.65 Å². The molecule has 0 bridgehead atoms. The average molecular weight is 548 g/mol. The summed E-state index contributed by atoms with van der Waals surface area (Å²) in [5.74, 6) is 0.123. The lowest BCUT2D eigenvalue weighted by Gasteiger charge is -2.33. The molecular weight excluding hydrogens is 522 g/mol. The average Bonchev–Trinajstić information content (AvgIpc) is 3.43. The maximum Gasteiger partial charge on any atom is 0.408 e. The highest BCUT2D eigenvalue weighted by atomic mass is 32.1. The van der Waals surface area contributed by atoms with Gasteiger partial charge in [0, 0.05) is 41.2 Å². The third kappa shape index (κ3) is 4.27. The van der Waals surface area contributed by atoms with Crippen LogP contribution in [-0.2, 0) is 23.9 Å². The van der Waals surface area contributed by atoms with Gasteiger partial charge >= 0.3 is 6.18 Å². The quantitative estimate of drug-likeness (QED) is 0.340. The molecule has 4 heterocycles. The first-order valence-electron chi connectivity index (χ1n) is 12.2. The number of nitrogens with one attached hydrogen (secondary N) is 2. The van der Waals surface area contributed by atoms with Crippen LogP contribution in [0.5, 0.6) is 0 Å². The number of benzene rings is 1. The fourth-order valence-corrected chi connectivity index (χ4v) is 5.98. The lowest BCUT2D eigenvalue weighted by molar-refractivity contribution is -0.144. The first-order valence-corrected chi connectivity index (χ1v) is 13.1. The van der Waals surface area contributed by atoms with Crippen LogP contribution in [0.15, 0.2) is 34.6 Å². The molecular formula is C25H25F4N7OS. The lowest BCUT2D eigenvalue weighted by Crippen LogP contribution is -2.38. The molecule has 200 valence electrons. The Kier molecular flexibility index (Phi) is 5.65. The van der Waals surface area contributed by atoms with Crippen LogP contribution in [0.3, 0.4) is 0 Å². The van der Waals surface area contributed by atoms with E-state index in [9.17, 15) is 22.4 Å². The molecule has 0 saturated heterocycles. The third-order valence-corrected chi connectivity index (χ3v) is 8.12. The summed E-state index contributed by atoms with van der Waals surface area (Å²) < 4.78 is 55.7. The lowest BCUT2D eigenvalue weighted by atomic mass is 9.79. The molecule has 4 aromatic rings. The van der Waals surface area contributed by atoms with Crippen molar-refractivity contribution in [3.8, 4) is 5.13 Å². The Morgan fingerprint density at radius 1 is 1.21 bits per heavy atom. The van der Waals surface area contributed by atoms with Gasteiger partial charge in [-0.2, -0.15) is 18.2 Å². The number of anilines is 2. The van der Waals surface area contributed by atoms with Crippen molar-refractivity contribution in [1.29, 1.82) is 0 Å². The van der Waals surface area contributed by atoms with E-state index in [1.807, 2.05) is 18.2 Å². The summed E-state index contributed by atoms with van der Waals surface area (Å²) in [4.78, 5) is 26.1. The van der Waals surface area contributed by atoms with E-state index in [1.165, 1.54) is 11.8 Å². The van der Waals surface area contributed by atoms with E-state index in [4.69, 9.17) is 0 Å². The van der Waals surface area contributed by atoms with Crippen LogP contribution >= 0.6 is 11.3 Å². The second-order valence-electron chi connectivity index (χ2n) is 10.6. The summed E-state index contributed by atoms with van der Waals surface area (Å²) in [7, 11) is 0. The predicted octanol–water partition coefficient (Wildman–Crippen LogP) is 4.73. The van der Waals surface area contributed by atoms with Crippen LogP contribution in [-0.4, -0.2) is 43.7 Å². The van der Waals surface area contributed by atoms with Crippen LogP contribution in [0.25, 0.3) is 16.2 Å². The van der Waals surface area contributed by atoms with Crippen molar-refractivity contribution >= 4 is 34.0 Å². The Balaban J connectivity index is 1.43. The van der Waals surface area contributed by atoms with E-state index >= 15 is 0 Å². The zero-order valence-electron chi connectivity index (χ0n) is 20.7. The largest absolute Gasteiger partial charge is 0.408 e. The normalized spacial score (nSPS) is 17.9. The maximum absolute atomic E-state index is 13.6. The predicted molar refractivity (Wildman–Crippen MR) is 136 cm³/mol. The number of halogens is 4. The van der Waals surface area contributed by atoms with Gasteiger partial charge in [0.05, 0.1) is 5.69 Å². The molecule has 8 nitrogen and oxygen atoms in total. The Hall–Kier alpha value is -3.32. The smallest absolute Gasteiger partial charge is 0.324 e. The Morgan fingerprint density at radius 2 is 2.00 bits per heavy atom. The Morgan fingerprint density at radius 3 is 2.71 bits per heavy atom. The molecule has 1 aromatic carbocycles. The molecule has 38 heavy (non-hydrogen) atoms. The van der Waals surface area contributed by atoms with E-state index in [-0.39, 0.29) is 27.5 Å². The van der Waals surface area contributed by atoms with Gasteiger partial charge in [0.1, 0.15) is 18.6 Å². The molecule has 3 aromatic heterocycles. The minimum atomic E-state index is -4.66. The van der Waals surface area contributed by atoms with Crippen molar-refractivity contribution in [3.05, 3.63) is 57.0 Å². The van der Waals surface area contributed by atoms with Gasteiger partial charge in [-0.1, -0.05) is 19.9 Å². The number of nitrogens with zero attached hydrogens (tertiary/aromatic N) is 5. The molecule has 2 aliphatic rings. The molecule has 0 amide bonds. The molecule has 1 fully saturated rings. The molecule has 0 spiro atoms. The molecule has 6 rings (SSSR count). The molecule has 1 saturated carbocycles. The van der Waals surface area contributed by atoms with Gasteiger partial charge in [-0.15, -0.1) is 11.3 Å². The van der Waals surface area contributed by atoms with Crippen molar-refractivity contribution in [3.63, 3.8) is 0 Å². The topological polar surface area (TPSA) is 89.7 Å². The van der Waals surface area contributed by atoms with Crippen LogP contribution in [0.4, 0.5) is 29.2 Å². The first kappa shape index (κ1) is 25.0. The fraction of sp³-hybridized carbons (Fsp3) is 0.440. The molecule has 13 heteroatoms. The minimum Gasteiger partial charge on any atom is -0.324 e. The third-order valence-electron chi connectivity index (χ3n) is 7.30. The van der Waals surface area contributed by atoms with Crippen LogP contribution < -0.4 is 16.2 Å². The Bertz CT molecular complexity index is 1600. The maximum atomic E-state index is 13.6. The highest BCUT2D eigenvalue weighted by Crippen LogP contribution is 2.48. The summed E-state index contributed by atoms with van der Waals surface area (Å²) in [6.07, 6.45) is -2.19. The number of aromatic nitrogens is 5. The van der Waals surface area contributed by atoms with Gasteiger partial charge in [0.25, 0.3) is 5.56 Å². The number of thiazole rings is 1. The number of hydrogen-bond acceptors (Lipinski definition) is 7. The monoisotopic (exact) mass is 547 g/mol. The SMILES string of the molecule is CC1(C)CNCc2cc(Nc3ncc4c(=O)n(CC(F)(F)F)n(-c5nc(C6(CF)CC6)cs5)c4n3)ccc21. The second kappa shape index (κ2) is 8.60. The molecule has 1 aliphatic heterocycles. The van der Waals surface area contributed by atoms with Crippen molar-refractivity contribution in [2.75, 3.05) is 18.5 Å². The molecule has 1 aliphatic carbocycles. The standard InChI is InChI=1S/C25H25F4N7OS/c1-23(2)12-30-8-14-7-15(3-4-17(14)23)32-21-31-9-16-19(34-21)36(35(20(16)37)13-25(27,28)29)22-33-18(10-38-22)24(11-26)5-6-24/h3-4,7,9-10,30H,5-6,8,11-13H2,1-2H3,(H,31,32,34). The Labute approximate surface area is 218 Å². The van der Waals surface area contributed by atoms with Gasteiger partial charge in [0.2, 0.25) is 11.1 Å². The first-order chi connectivity index (χ1) is 18.0. The van der Waals surface area contributed by atoms with Gasteiger partial charge < -0.3 is 10.6 Å². The van der Waals surface area contributed by atoms with E-state index in [0.29, 0.717) is 35.4 Å². The zero-order chi connectivity index (χ0) is 26.9. The summed E-state index contributed by atoms with van der Waals surface area (Å²) >= 11 is 1.05. The van der Waals surface area contributed by atoms with E-state index in [1.54, 1.807) is 5.38 Å². The van der Waals surface area contributed by atoms with Gasteiger partial charge in [-0.05, 0) is 36.1 Å². The van der Waals surface area contributed by atoms with Crippen LogP contribution in [0, 0.1) is 0 Å². The number of alkyl halides is 4. The van der Waals surface area contributed by atoms with E-state index in [0.717, 1.165) is 28.1 Å². The molecule has 2 N–H and O–H groups in total. The molecule has 0 unspecified atom stereocenters. The molecule has 0 radical (unpaired) electrons. The summed E-state index contributed by atoms with van der Waals surface area (Å²) in [5.41, 5.74) is 1.94. The highest BCUT2D eigenvalue weighted by Gasteiger charge is 2.47. The zero-order valence-corrected chi connectivity index (χ0v) is 21.5. The van der Waals surface area contributed by atoms with E-state index in [2.05, 4.69) is 39.4 Å². The van der Waals surface area contributed by atoms with Gasteiger partial charge in [-0.25, -0.2) is 19.3 Å². The second-order valence-corrected chi connectivity index (χ2v) is 11.5. The number of fused-ring (bicyclic) bond motifs is 2. The minimum absolute atomic E-state index is 0.0106. The summed E-state index contributed by atoms with van der Waals surface area (Å²) in [6, 6.07) is 5.93. The number of hydrogen-bond donors (Lipinski definition) is 2. The van der Waals surface area contributed by atoms with Crippen LogP contribution in [0.1, 0.15) is 43.5 Å². The van der Waals surface area contributed by atoms with Gasteiger partial charge in [-0.3, -0.25) is 9.18 Å².